The van der Waals surface area contributed by atoms with Crippen LogP contribution >= 0.6 is 0 Å². The summed E-state index contributed by atoms with van der Waals surface area (Å²) in [6.07, 6.45) is 7.39. The Morgan fingerprint density at radius 2 is 1.85 bits per heavy atom. The van der Waals surface area contributed by atoms with Crippen LogP contribution in [0.4, 0.5) is 0 Å². The summed E-state index contributed by atoms with van der Waals surface area (Å²) in [5, 5.41) is 3.11. The maximum absolute atomic E-state index is 12.6. The molecule has 5 heteroatoms. The molecule has 0 atom stereocenters. The van der Waals surface area contributed by atoms with E-state index in [-0.39, 0.29) is 17.9 Å². The molecule has 0 unspecified atom stereocenters. The highest BCUT2D eigenvalue weighted by atomic mass is 16.5. The molecular formula is C21H30N2O3. The van der Waals surface area contributed by atoms with Crippen molar-refractivity contribution in [3.05, 3.63) is 29.8 Å². The average Bonchev–Trinajstić information content (AvgIpc) is 2.69. The maximum Gasteiger partial charge on any atom is 0.251 e. The zero-order valence-corrected chi connectivity index (χ0v) is 15.7. The fraction of sp³-hybridized carbons (Fsp3) is 0.619. The Balaban J connectivity index is 1.48. The Kier molecular flexibility index (Phi) is 6.53. The van der Waals surface area contributed by atoms with Gasteiger partial charge >= 0.3 is 0 Å². The lowest BCUT2D eigenvalue weighted by atomic mass is 9.87. The zero-order chi connectivity index (χ0) is 18.4. The molecule has 1 aliphatic carbocycles. The second-order valence-corrected chi connectivity index (χ2v) is 7.37. The van der Waals surface area contributed by atoms with E-state index in [1.807, 2.05) is 24.0 Å². The lowest BCUT2D eigenvalue weighted by Crippen LogP contribution is -2.48. The zero-order valence-electron chi connectivity index (χ0n) is 15.7. The van der Waals surface area contributed by atoms with Crippen LogP contribution in [0.15, 0.2) is 24.3 Å². The van der Waals surface area contributed by atoms with Gasteiger partial charge in [0.2, 0.25) is 5.91 Å². The lowest BCUT2D eigenvalue weighted by Gasteiger charge is -2.35. The number of carbonyl (C=O) groups is 2. The van der Waals surface area contributed by atoms with Gasteiger partial charge in [-0.25, -0.2) is 0 Å². The van der Waals surface area contributed by atoms with Crippen LogP contribution in [0.3, 0.4) is 0 Å². The van der Waals surface area contributed by atoms with Crippen molar-refractivity contribution in [1.82, 2.24) is 10.2 Å². The first-order chi connectivity index (χ1) is 12.7. The van der Waals surface area contributed by atoms with Gasteiger partial charge in [-0.2, -0.15) is 0 Å². The van der Waals surface area contributed by atoms with E-state index in [9.17, 15) is 9.59 Å². The Bertz CT molecular complexity index is 617. The largest absolute Gasteiger partial charge is 0.494 e. The van der Waals surface area contributed by atoms with E-state index in [2.05, 4.69) is 5.32 Å². The van der Waals surface area contributed by atoms with E-state index in [1.54, 1.807) is 12.1 Å². The molecule has 2 amide bonds. The van der Waals surface area contributed by atoms with Crippen molar-refractivity contribution < 1.29 is 14.3 Å². The molecule has 0 bridgehead atoms. The van der Waals surface area contributed by atoms with Crippen molar-refractivity contribution in [3.63, 3.8) is 0 Å². The Labute approximate surface area is 156 Å². The van der Waals surface area contributed by atoms with Gasteiger partial charge in [0.1, 0.15) is 5.75 Å². The summed E-state index contributed by atoms with van der Waals surface area (Å²) in [6.45, 7) is 4.01. The minimum Gasteiger partial charge on any atom is -0.494 e. The van der Waals surface area contributed by atoms with E-state index in [1.165, 1.54) is 19.3 Å². The molecule has 142 valence electrons. The number of nitrogens with one attached hydrogen (secondary N) is 1. The van der Waals surface area contributed by atoms with Crippen LogP contribution in [-0.2, 0) is 4.79 Å². The first kappa shape index (κ1) is 18.7. The summed E-state index contributed by atoms with van der Waals surface area (Å²) >= 11 is 0. The molecule has 1 N–H and O–H groups in total. The Morgan fingerprint density at radius 3 is 2.54 bits per heavy atom. The maximum atomic E-state index is 12.6. The predicted molar refractivity (Wildman–Crippen MR) is 101 cm³/mol. The number of rotatable bonds is 5. The number of hydrogen-bond acceptors (Lipinski definition) is 3. The lowest BCUT2D eigenvalue weighted by molar-refractivity contribution is -0.137. The quantitative estimate of drug-likeness (QED) is 0.878. The molecule has 0 spiro atoms. The van der Waals surface area contributed by atoms with E-state index in [4.69, 9.17) is 4.74 Å². The summed E-state index contributed by atoms with van der Waals surface area (Å²) in [7, 11) is 0. The Hall–Kier alpha value is -2.04. The number of ether oxygens (including phenoxy) is 1. The predicted octanol–water partition coefficient (Wildman–Crippen LogP) is 3.39. The van der Waals surface area contributed by atoms with Crippen molar-refractivity contribution in [1.29, 1.82) is 0 Å². The molecule has 1 aromatic carbocycles. The summed E-state index contributed by atoms with van der Waals surface area (Å²) in [5.74, 6) is 1.21. The van der Waals surface area contributed by atoms with Crippen LogP contribution in [0.1, 0.15) is 62.2 Å². The summed E-state index contributed by atoms with van der Waals surface area (Å²) in [6, 6.07) is 7.41. The van der Waals surface area contributed by atoms with Crippen molar-refractivity contribution in [2.75, 3.05) is 19.7 Å². The van der Waals surface area contributed by atoms with Crippen LogP contribution in [0.5, 0.6) is 5.75 Å². The van der Waals surface area contributed by atoms with Crippen LogP contribution in [0.25, 0.3) is 0 Å². The second-order valence-electron chi connectivity index (χ2n) is 7.37. The molecule has 1 saturated heterocycles. The van der Waals surface area contributed by atoms with E-state index in [0.717, 1.165) is 38.8 Å². The topological polar surface area (TPSA) is 58.6 Å². The molecule has 26 heavy (non-hydrogen) atoms. The molecule has 1 saturated carbocycles. The molecular weight excluding hydrogens is 328 g/mol. The number of carbonyl (C=O) groups excluding carboxylic acids is 2. The van der Waals surface area contributed by atoms with E-state index in [0.29, 0.717) is 23.8 Å². The fourth-order valence-electron chi connectivity index (χ4n) is 4.01. The number of piperidine rings is 1. The van der Waals surface area contributed by atoms with Crippen LogP contribution in [0.2, 0.25) is 0 Å². The summed E-state index contributed by atoms with van der Waals surface area (Å²) in [4.78, 5) is 27.1. The monoisotopic (exact) mass is 358 g/mol. The van der Waals surface area contributed by atoms with Gasteiger partial charge in [0.25, 0.3) is 5.91 Å². The number of benzene rings is 1. The van der Waals surface area contributed by atoms with Crippen LogP contribution in [-0.4, -0.2) is 42.5 Å². The standard InChI is InChI=1S/C21H30N2O3/c1-2-26-19-10-6-9-17(15-19)20(24)22-18-11-13-23(14-12-18)21(25)16-7-4-3-5-8-16/h6,9-10,15-16,18H,2-5,7-8,11-14H2,1H3,(H,22,24). The van der Waals surface area contributed by atoms with Gasteiger partial charge in [-0.3, -0.25) is 9.59 Å². The van der Waals surface area contributed by atoms with Crippen molar-refractivity contribution in [3.8, 4) is 5.75 Å². The molecule has 0 aromatic heterocycles. The SMILES string of the molecule is CCOc1cccc(C(=O)NC2CCN(C(=O)C3CCCCC3)CC2)c1. The normalized spacial score (nSPS) is 19.2. The van der Waals surface area contributed by atoms with Gasteiger partial charge in [0, 0.05) is 30.6 Å². The van der Waals surface area contributed by atoms with Crippen LogP contribution in [0, 0.1) is 5.92 Å². The molecule has 5 nitrogen and oxygen atoms in total. The Morgan fingerprint density at radius 1 is 1.12 bits per heavy atom. The molecule has 1 heterocycles. The van der Waals surface area contributed by atoms with Gasteiger partial charge < -0.3 is 15.0 Å². The summed E-state index contributed by atoms with van der Waals surface area (Å²) in [5.41, 5.74) is 0.622. The number of hydrogen-bond donors (Lipinski definition) is 1. The minimum absolute atomic E-state index is 0.0661. The smallest absolute Gasteiger partial charge is 0.251 e. The highest BCUT2D eigenvalue weighted by Crippen LogP contribution is 2.26. The van der Waals surface area contributed by atoms with Crippen LogP contribution < -0.4 is 10.1 Å². The second kappa shape index (κ2) is 9.06. The molecule has 3 rings (SSSR count). The molecule has 1 aliphatic heterocycles. The van der Waals surface area contributed by atoms with E-state index < -0.39 is 0 Å². The number of amides is 2. The van der Waals surface area contributed by atoms with Gasteiger partial charge in [-0.05, 0) is 50.8 Å². The molecule has 1 aromatic rings. The third-order valence-electron chi connectivity index (χ3n) is 5.50. The molecule has 2 aliphatic rings. The first-order valence-corrected chi connectivity index (χ1v) is 10.00. The third-order valence-corrected chi connectivity index (χ3v) is 5.50. The number of likely N-dealkylation sites (tertiary alicyclic amines) is 1. The van der Waals surface area contributed by atoms with Crippen molar-refractivity contribution >= 4 is 11.8 Å². The minimum atomic E-state index is -0.0661. The summed E-state index contributed by atoms with van der Waals surface area (Å²) < 4.78 is 5.46. The fourth-order valence-corrected chi connectivity index (χ4v) is 4.01. The number of nitrogens with zero attached hydrogens (tertiary/aromatic N) is 1. The van der Waals surface area contributed by atoms with Crippen molar-refractivity contribution in [2.24, 2.45) is 5.92 Å². The van der Waals surface area contributed by atoms with Gasteiger partial charge in [0.15, 0.2) is 0 Å². The molecule has 2 fully saturated rings. The van der Waals surface area contributed by atoms with Gasteiger partial charge in [-0.1, -0.05) is 25.3 Å². The van der Waals surface area contributed by atoms with E-state index >= 15 is 0 Å². The third kappa shape index (κ3) is 4.77. The van der Waals surface area contributed by atoms with Gasteiger partial charge in [0.05, 0.1) is 6.61 Å². The van der Waals surface area contributed by atoms with Gasteiger partial charge in [-0.15, -0.1) is 0 Å². The highest BCUT2D eigenvalue weighted by molar-refractivity contribution is 5.94. The molecule has 0 radical (unpaired) electrons. The highest BCUT2D eigenvalue weighted by Gasteiger charge is 2.29. The average molecular weight is 358 g/mol. The van der Waals surface area contributed by atoms with Crippen molar-refractivity contribution in [2.45, 2.75) is 57.9 Å². The first-order valence-electron chi connectivity index (χ1n) is 10.00.